The van der Waals surface area contributed by atoms with E-state index >= 15 is 0 Å². The van der Waals surface area contributed by atoms with Crippen molar-refractivity contribution in [3.8, 4) is 0 Å². The van der Waals surface area contributed by atoms with E-state index in [-0.39, 0.29) is 16.8 Å². The first-order valence-corrected chi connectivity index (χ1v) is 8.27. The lowest BCUT2D eigenvalue weighted by atomic mass is 10.2. The van der Waals surface area contributed by atoms with Gasteiger partial charge in [0.1, 0.15) is 11.0 Å². The fourth-order valence-electron chi connectivity index (χ4n) is 2.72. The van der Waals surface area contributed by atoms with Crippen LogP contribution in [-0.4, -0.2) is 29.3 Å². The topological polar surface area (TPSA) is 79.4 Å². The Morgan fingerprint density at radius 2 is 1.88 bits per heavy atom. The molecule has 3 rings (SSSR count). The molecule has 6 nitrogen and oxygen atoms in total. The van der Waals surface area contributed by atoms with Crippen LogP contribution in [0.25, 0.3) is 0 Å². The maximum absolute atomic E-state index is 13.0. The molecule has 0 spiro atoms. The van der Waals surface area contributed by atoms with Gasteiger partial charge in [0.25, 0.3) is 0 Å². The van der Waals surface area contributed by atoms with Crippen LogP contribution >= 0.6 is 11.6 Å². The molecule has 2 heterocycles. The molecule has 0 amide bonds. The summed E-state index contributed by atoms with van der Waals surface area (Å²) >= 11 is 6.14. The molecule has 1 saturated heterocycles. The summed E-state index contributed by atoms with van der Waals surface area (Å²) in [7, 11) is 0. The zero-order valence-electron chi connectivity index (χ0n) is 13.6. The van der Waals surface area contributed by atoms with Gasteiger partial charge in [-0.2, -0.15) is 23.3 Å². The lowest BCUT2D eigenvalue weighted by Crippen LogP contribution is -2.22. The molecule has 1 aromatic carbocycles. The van der Waals surface area contributed by atoms with E-state index in [9.17, 15) is 13.2 Å². The summed E-state index contributed by atoms with van der Waals surface area (Å²) in [5, 5.41) is 3.99. The van der Waals surface area contributed by atoms with Gasteiger partial charge in [0.2, 0.25) is 5.95 Å². The predicted molar refractivity (Wildman–Crippen MR) is 95.6 cm³/mol. The quantitative estimate of drug-likeness (QED) is 0.476. The number of benzene rings is 1. The Morgan fingerprint density at radius 3 is 2.58 bits per heavy atom. The highest BCUT2D eigenvalue weighted by molar-refractivity contribution is 6.32. The molecular weight excluding hydrogens is 369 g/mol. The molecule has 138 valence electrons. The van der Waals surface area contributed by atoms with E-state index < -0.39 is 11.7 Å². The number of halogens is 4. The van der Waals surface area contributed by atoms with Crippen molar-refractivity contribution >= 4 is 35.3 Å². The number of hydrazone groups is 1. The number of hydrogen-bond donors (Lipinski definition) is 2. The number of nitrogens with one attached hydrogen (secondary N) is 1. The van der Waals surface area contributed by atoms with Crippen LogP contribution in [0.5, 0.6) is 0 Å². The van der Waals surface area contributed by atoms with Gasteiger partial charge in [-0.3, -0.25) is 5.43 Å². The monoisotopic (exact) mass is 384 g/mol. The van der Waals surface area contributed by atoms with Crippen LogP contribution in [-0.2, 0) is 6.18 Å². The van der Waals surface area contributed by atoms with Crippen molar-refractivity contribution in [2.45, 2.75) is 19.0 Å². The molecule has 0 aliphatic carbocycles. The zero-order chi connectivity index (χ0) is 18.7. The Bertz CT molecular complexity index is 818. The fourth-order valence-corrected chi connectivity index (χ4v) is 2.94. The molecule has 1 aliphatic rings. The molecule has 2 aromatic rings. The Hall–Kier alpha value is -2.55. The number of aromatic nitrogens is 2. The van der Waals surface area contributed by atoms with E-state index in [4.69, 9.17) is 17.3 Å². The average Bonchev–Trinajstić information content (AvgIpc) is 3.10. The number of nitrogens with zero attached hydrogens (tertiary/aromatic N) is 4. The second kappa shape index (κ2) is 7.36. The Labute approximate surface area is 152 Å². The van der Waals surface area contributed by atoms with E-state index in [1.54, 1.807) is 0 Å². The molecule has 0 saturated carbocycles. The van der Waals surface area contributed by atoms with Gasteiger partial charge in [-0.1, -0.05) is 23.7 Å². The minimum Gasteiger partial charge on any atom is -0.368 e. The first-order chi connectivity index (χ1) is 12.4. The van der Waals surface area contributed by atoms with Crippen LogP contribution in [0.15, 0.2) is 29.4 Å². The number of para-hydroxylation sites is 1. The summed E-state index contributed by atoms with van der Waals surface area (Å²) in [6, 6.07) is 5.07. The Balaban J connectivity index is 1.88. The smallest absolute Gasteiger partial charge is 0.368 e. The first kappa shape index (κ1) is 18.2. The summed E-state index contributed by atoms with van der Waals surface area (Å²) in [5.74, 6) is 0.555. The van der Waals surface area contributed by atoms with E-state index in [2.05, 4.69) is 20.5 Å². The van der Waals surface area contributed by atoms with Crippen molar-refractivity contribution in [1.29, 1.82) is 0 Å². The number of anilines is 3. The van der Waals surface area contributed by atoms with Crippen molar-refractivity contribution in [3.63, 3.8) is 0 Å². The van der Waals surface area contributed by atoms with E-state index in [1.165, 1.54) is 24.4 Å². The number of rotatable bonds is 4. The average molecular weight is 385 g/mol. The standard InChI is InChI=1S/C16H16ClF3N6/c17-13-10(14(24-15(21)23-13)26-7-3-4-8-26)9-22-25-12-6-2-1-5-11(12)16(18,19)20/h1-2,5-6,9,25H,3-4,7-8H2,(H2,21,23,24)/b22-9+. The maximum Gasteiger partial charge on any atom is 0.418 e. The molecule has 0 radical (unpaired) electrons. The second-order valence-electron chi connectivity index (χ2n) is 5.72. The normalized spacial score (nSPS) is 15.0. The predicted octanol–water partition coefficient (Wildman–Crippen LogP) is 3.78. The molecular formula is C16H16ClF3N6. The lowest BCUT2D eigenvalue weighted by molar-refractivity contribution is -0.136. The third-order valence-corrected chi connectivity index (χ3v) is 4.20. The highest BCUT2D eigenvalue weighted by atomic mass is 35.5. The van der Waals surface area contributed by atoms with Gasteiger partial charge < -0.3 is 10.6 Å². The first-order valence-electron chi connectivity index (χ1n) is 7.89. The molecule has 1 aromatic heterocycles. The summed E-state index contributed by atoms with van der Waals surface area (Å²) in [6.07, 6.45) is -1.16. The summed E-state index contributed by atoms with van der Waals surface area (Å²) in [5.41, 5.74) is 7.51. The van der Waals surface area contributed by atoms with Crippen molar-refractivity contribution in [2.75, 3.05) is 29.1 Å². The number of nitrogens with two attached hydrogens (primary N) is 1. The Morgan fingerprint density at radius 1 is 1.19 bits per heavy atom. The summed E-state index contributed by atoms with van der Waals surface area (Å²) in [4.78, 5) is 10.1. The van der Waals surface area contributed by atoms with Gasteiger partial charge in [-0.25, -0.2) is 4.98 Å². The van der Waals surface area contributed by atoms with Crippen molar-refractivity contribution in [1.82, 2.24) is 9.97 Å². The van der Waals surface area contributed by atoms with Crippen molar-refractivity contribution < 1.29 is 13.2 Å². The van der Waals surface area contributed by atoms with Crippen LogP contribution in [0.2, 0.25) is 5.15 Å². The van der Waals surface area contributed by atoms with Gasteiger partial charge >= 0.3 is 6.18 Å². The van der Waals surface area contributed by atoms with Crippen molar-refractivity contribution in [2.24, 2.45) is 5.10 Å². The molecule has 3 N–H and O–H groups in total. The zero-order valence-corrected chi connectivity index (χ0v) is 14.3. The van der Waals surface area contributed by atoms with Crippen molar-refractivity contribution in [3.05, 3.63) is 40.5 Å². The third-order valence-electron chi connectivity index (χ3n) is 3.91. The molecule has 0 unspecified atom stereocenters. The van der Waals surface area contributed by atoms with Crippen LogP contribution < -0.4 is 16.1 Å². The van der Waals surface area contributed by atoms with Crippen LogP contribution in [0.4, 0.5) is 30.6 Å². The summed E-state index contributed by atoms with van der Waals surface area (Å²) in [6.45, 7) is 1.58. The molecule has 0 bridgehead atoms. The summed E-state index contributed by atoms with van der Waals surface area (Å²) < 4.78 is 39.1. The van der Waals surface area contributed by atoms with Gasteiger partial charge in [-0.05, 0) is 25.0 Å². The second-order valence-corrected chi connectivity index (χ2v) is 6.08. The van der Waals surface area contributed by atoms with Gasteiger partial charge in [-0.15, -0.1) is 0 Å². The highest BCUT2D eigenvalue weighted by Crippen LogP contribution is 2.34. The molecule has 26 heavy (non-hydrogen) atoms. The van der Waals surface area contributed by atoms with Gasteiger partial charge in [0.15, 0.2) is 0 Å². The van der Waals surface area contributed by atoms with Crippen LogP contribution in [0.1, 0.15) is 24.0 Å². The highest BCUT2D eigenvalue weighted by Gasteiger charge is 2.33. The SMILES string of the molecule is Nc1nc(Cl)c(/C=N/Nc2ccccc2C(F)(F)F)c(N2CCCC2)n1. The van der Waals surface area contributed by atoms with E-state index in [1.807, 2.05) is 4.90 Å². The van der Waals surface area contributed by atoms with Crippen LogP contribution in [0, 0.1) is 0 Å². The maximum atomic E-state index is 13.0. The number of nitrogen functional groups attached to an aromatic ring is 1. The largest absolute Gasteiger partial charge is 0.418 e. The number of alkyl halides is 3. The minimum atomic E-state index is -4.48. The van der Waals surface area contributed by atoms with E-state index in [0.717, 1.165) is 32.0 Å². The molecule has 0 atom stereocenters. The van der Waals surface area contributed by atoms with Gasteiger partial charge in [0, 0.05) is 13.1 Å². The Kier molecular flexibility index (Phi) is 5.17. The van der Waals surface area contributed by atoms with E-state index in [0.29, 0.717) is 11.4 Å². The molecule has 1 fully saturated rings. The molecule has 10 heteroatoms. The fraction of sp³-hybridized carbons (Fsp3) is 0.312. The lowest BCUT2D eigenvalue weighted by Gasteiger charge is -2.19. The minimum absolute atomic E-state index is 0.0319. The third kappa shape index (κ3) is 3.98. The number of hydrogen-bond acceptors (Lipinski definition) is 6. The van der Waals surface area contributed by atoms with Gasteiger partial charge in [0.05, 0.1) is 23.0 Å². The molecule has 1 aliphatic heterocycles. The van der Waals surface area contributed by atoms with Crippen LogP contribution in [0.3, 0.4) is 0 Å².